The molecule has 1 aromatic heterocycles. The summed E-state index contributed by atoms with van der Waals surface area (Å²) in [7, 11) is 4.68. The molecule has 152 valence electrons. The van der Waals surface area contributed by atoms with Gasteiger partial charge in [-0.2, -0.15) is 14.9 Å². The number of hydrogen-bond donors (Lipinski definition) is 1. The second-order valence-corrected chi connectivity index (χ2v) is 6.18. The maximum atomic E-state index is 5.57. The van der Waals surface area contributed by atoms with Crippen LogP contribution in [0.2, 0.25) is 0 Å². The predicted molar refractivity (Wildman–Crippen MR) is 113 cm³/mol. The molecule has 3 aromatic rings. The Morgan fingerprint density at radius 3 is 2.59 bits per heavy atom. The van der Waals surface area contributed by atoms with E-state index in [1.54, 1.807) is 33.6 Å². The first-order valence-corrected chi connectivity index (χ1v) is 9.27. The molecule has 0 saturated carbocycles. The topological polar surface area (TPSA) is 82.9 Å². The van der Waals surface area contributed by atoms with Gasteiger partial charge in [-0.1, -0.05) is 12.1 Å². The van der Waals surface area contributed by atoms with Gasteiger partial charge in [0.25, 0.3) is 0 Å². The number of H-pyrrole nitrogens is 1. The highest BCUT2D eigenvalue weighted by Crippen LogP contribution is 2.39. The second-order valence-electron chi connectivity index (χ2n) is 5.79. The Balaban J connectivity index is 2.02. The minimum absolute atomic E-state index is 0.359. The van der Waals surface area contributed by atoms with Crippen molar-refractivity contribution in [3.63, 3.8) is 0 Å². The van der Waals surface area contributed by atoms with Crippen molar-refractivity contribution >= 4 is 18.4 Å². The van der Waals surface area contributed by atoms with Crippen LogP contribution in [0.1, 0.15) is 12.5 Å². The first-order valence-electron chi connectivity index (χ1n) is 8.86. The number of aromatic amines is 1. The minimum atomic E-state index is 0.359. The van der Waals surface area contributed by atoms with Gasteiger partial charge in [0.05, 0.1) is 34.2 Å². The number of benzene rings is 2. The van der Waals surface area contributed by atoms with E-state index >= 15 is 0 Å². The zero-order chi connectivity index (χ0) is 20.8. The number of aromatic nitrogens is 3. The lowest BCUT2D eigenvalue weighted by atomic mass is 10.2. The highest BCUT2D eigenvalue weighted by molar-refractivity contribution is 7.71. The van der Waals surface area contributed by atoms with Crippen molar-refractivity contribution in [1.82, 2.24) is 14.9 Å². The number of hydrogen-bond acceptors (Lipinski definition) is 7. The largest absolute Gasteiger partial charge is 0.494 e. The fraction of sp³-hybridized carbons (Fsp3) is 0.250. The maximum absolute atomic E-state index is 5.57. The Labute approximate surface area is 173 Å². The highest BCUT2D eigenvalue weighted by Gasteiger charge is 2.15. The Morgan fingerprint density at radius 2 is 1.90 bits per heavy atom. The summed E-state index contributed by atoms with van der Waals surface area (Å²) in [6.45, 7) is 2.51. The van der Waals surface area contributed by atoms with Gasteiger partial charge in [-0.05, 0) is 43.4 Å². The first kappa shape index (κ1) is 20.4. The molecule has 0 aliphatic rings. The van der Waals surface area contributed by atoms with E-state index in [0.717, 1.165) is 11.3 Å². The zero-order valence-corrected chi connectivity index (χ0v) is 17.4. The molecule has 0 saturated heterocycles. The Hall–Kier alpha value is -3.33. The van der Waals surface area contributed by atoms with Crippen LogP contribution in [0.15, 0.2) is 41.5 Å². The third-order valence-corrected chi connectivity index (χ3v) is 4.36. The molecule has 2 aromatic carbocycles. The van der Waals surface area contributed by atoms with E-state index < -0.39 is 0 Å². The highest BCUT2D eigenvalue weighted by atomic mass is 32.1. The molecule has 1 heterocycles. The molecule has 3 rings (SSSR count). The molecule has 0 fully saturated rings. The Bertz CT molecular complexity index is 1070. The van der Waals surface area contributed by atoms with Crippen molar-refractivity contribution in [3.8, 4) is 34.4 Å². The molecular weight excluding hydrogens is 392 g/mol. The van der Waals surface area contributed by atoms with Crippen molar-refractivity contribution in [2.45, 2.75) is 6.92 Å². The van der Waals surface area contributed by atoms with Crippen molar-refractivity contribution in [3.05, 3.63) is 46.7 Å². The molecule has 0 aliphatic carbocycles. The number of nitrogens with zero attached hydrogens (tertiary/aromatic N) is 3. The van der Waals surface area contributed by atoms with Gasteiger partial charge >= 0.3 is 0 Å². The van der Waals surface area contributed by atoms with Crippen LogP contribution in [0.3, 0.4) is 0 Å². The zero-order valence-electron chi connectivity index (χ0n) is 16.6. The van der Waals surface area contributed by atoms with Gasteiger partial charge in [0, 0.05) is 11.1 Å². The van der Waals surface area contributed by atoms with Gasteiger partial charge in [0.1, 0.15) is 5.75 Å². The molecular formula is C20H22N4O4S. The summed E-state index contributed by atoms with van der Waals surface area (Å²) in [6.07, 6.45) is 1.63. The number of nitrogens with one attached hydrogen (secondary N) is 1. The van der Waals surface area contributed by atoms with Crippen LogP contribution in [-0.2, 0) is 0 Å². The van der Waals surface area contributed by atoms with Gasteiger partial charge < -0.3 is 18.9 Å². The molecule has 8 nitrogen and oxygen atoms in total. The van der Waals surface area contributed by atoms with E-state index in [1.807, 2.05) is 37.3 Å². The van der Waals surface area contributed by atoms with Gasteiger partial charge in [0.2, 0.25) is 10.5 Å². The van der Waals surface area contributed by atoms with E-state index in [4.69, 9.17) is 31.2 Å². The quantitative estimate of drug-likeness (QED) is 0.444. The molecule has 0 spiro atoms. The summed E-state index contributed by atoms with van der Waals surface area (Å²) in [4.78, 5) is 0. The molecule has 0 atom stereocenters. The van der Waals surface area contributed by atoms with E-state index in [2.05, 4.69) is 15.3 Å². The number of rotatable bonds is 8. The minimum Gasteiger partial charge on any atom is -0.494 e. The van der Waals surface area contributed by atoms with Crippen LogP contribution in [0.4, 0.5) is 0 Å². The van der Waals surface area contributed by atoms with Gasteiger partial charge in [-0.25, -0.2) is 5.10 Å². The molecule has 0 radical (unpaired) electrons. The van der Waals surface area contributed by atoms with E-state index in [9.17, 15) is 0 Å². The summed E-state index contributed by atoms with van der Waals surface area (Å²) in [5.41, 5.74) is 1.52. The molecule has 1 N–H and O–H groups in total. The summed E-state index contributed by atoms with van der Waals surface area (Å²) in [6, 6.07) is 11.2. The van der Waals surface area contributed by atoms with Gasteiger partial charge in [-0.15, -0.1) is 0 Å². The number of methoxy groups -OCH3 is 3. The summed E-state index contributed by atoms with van der Waals surface area (Å²) < 4.78 is 23.7. The SMILES string of the molecule is CCOc1cccc(-c2n[nH]c(=S)n2N=Cc2ccc(OC)c(OC)c2OC)c1. The first-order chi connectivity index (χ1) is 14.1. The summed E-state index contributed by atoms with van der Waals surface area (Å²) in [5.74, 6) is 2.86. The lowest BCUT2D eigenvalue weighted by Crippen LogP contribution is -2.00. The lowest BCUT2D eigenvalue weighted by molar-refractivity contribution is 0.324. The van der Waals surface area contributed by atoms with Crippen molar-refractivity contribution in [2.24, 2.45) is 5.10 Å². The molecule has 9 heteroatoms. The predicted octanol–water partition coefficient (Wildman–Crippen LogP) is 3.91. The average Bonchev–Trinajstić information content (AvgIpc) is 3.12. The van der Waals surface area contributed by atoms with Crippen molar-refractivity contribution in [2.75, 3.05) is 27.9 Å². The van der Waals surface area contributed by atoms with Crippen molar-refractivity contribution in [1.29, 1.82) is 0 Å². The fourth-order valence-corrected chi connectivity index (χ4v) is 3.00. The van der Waals surface area contributed by atoms with E-state index in [-0.39, 0.29) is 0 Å². The molecule has 29 heavy (non-hydrogen) atoms. The Kier molecular flexibility index (Phi) is 6.50. The van der Waals surface area contributed by atoms with Crippen LogP contribution in [0.25, 0.3) is 11.4 Å². The van der Waals surface area contributed by atoms with Crippen LogP contribution in [-0.4, -0.2) is 49.0 Å². The van der Waals surface area contributed by atoms with E-state index in [0.29, 0.717) is 40.0 Å². The smallest absolute Gasteiger partial charge is 0.216 e. The third kappa shape index (κ3) is 4.24. The van der Waals surface area contributed by atoms with Crippen molar-refractivity contribution < 1.29 is 18.9 Å². The van der Waals surface area contributed by atoms with Crippen LogP contribution < -0.4 is 18.9 Å². The summed E-state index contributed by atoms with van der Waals surface area (Å²) in [5, 5.41) is 11.6. The molecule has 0 aliphatic heterocycles. The average molecular weight is 414 g/mol. The van der Waals surface area contributed by atoms with E-state index in [1.165, 1.54) is 4.68 Å². The lowest BCUT2D eigenvalue weighted by Gasteiger charge is -2.13. The second kappa shape index (κ2) is 9.24. The normalized spacial score (nSPS) is 10.9. The Morgan fingerprint density at radius 1 is 1.10 bits per heavy atom. The molecule has 0 unspecified atom stereocenters. The fourth-order valence-electron chi connectivity index (χ4n) is 2.82. The van der Waals surface area contributed by atoms with Crippen LogP contribution in [0, 0.1) is 4.77 Å². The monoisotopic (exact) mass is 414 g/mol. The molecule has 0 amide bonds. The maximum Gasteiger partial charge on any atom is 0.216 e. The van der Waals surface area contributed by atoms with Crippen LogP contribution >= 0.6 is 12.2 Å². The number of ether oxygens (including phenoxy) is 4. The van der Waals surface area contributed by atoms with Gasteiger partial charge in [-0.3, -0.25) is 0 Å². The van der Waals surface area contributed by atoms with Crippen LogP contribution in [0.5, 0.6) is 23.0 Å². The van der Waals surface area contributed by atoms with Gasteiger partial charge in [0.15, 0.2) is 17.3 Å². The third-order valence-electron chi connectivity index (χ3n) is 4.10. The molecule has 0 bridgehead atoms. The summed E-state index contributed by atoms with van der Waals surface area (Å²) >= 11 is 5.35. The standard InChI is InChI=1S/C20H22N4O4S/c1-5-28-15-8-6-7-13(11-15)19-22-23-20(29)24(19)21-12-14-9-10-16(25-2)18(27-4)17(14)26-3/h6-12H,5H2,1-4H3,(H,23,29).